The molecule has 4 rings (SSSR count). The minimum atomic E-state index is -0.0269. The van der Waals surface area contributed by atoms with Gasteiger partial charge in [0.25, 0.3) is 5.56 Å². The lowest BCUT2D eigenvalue weighted by atomic mass is 10.2. The van der Waals surface area contributed by atoms with Crippen molar-refractivity contribution in [3.8, 4) is 0 Å². The van der Waals surface area contributed by atoms with E-state index >= 15 is 0 Å². The van der Waals surface area contributed by atoms with E-state index in [-0.39, 0.29) is 5.56 Å². The molecule has 0 bridgehead atoms. The molecular weight excluding hydrogens is 296 g/mol. The highest BCUT2D eigenvalue weighted by Crippen LogP contribution is 2.15. The van der Waals surface area contributed by atoms with Crippen LogP contribution >= 0.6 is 11.3 Å². The third-order valence-corrected chi connectivity index (χ3v) is 4.39. The lowest BCUT2D eigenvalue weighted by Gasteiger charge is -1.89. The average molecular weight is 308 g/mol. The Morgan fingerprint density at radius 1 is 1.27 bits per heavy atom. The van der Waals surface area contributed by atoms with E-state index in [1.165, 1.54) is 11.3 Å². The van der Waals surface area contributed by atoms with Gasteiger partial charge in [0.15, 0.2) is 4.96 Å². The molecule has 0 radical (unpaired) electrons. The first kappa shape index (κ1) is 13.0. The second kappa shape index (κ2) is 4.96. The van der Waals surface area contributed by atoms with E-state index in [4.69, 9.17) is 4.42 Å². The molecule has 0 aliphatic heterocycles. The van der Waals surface area contributed by atoms with E-state index in [2.05, 4.69) is 4.98 Å². The Kier molecular flexibility index (Phi) is 2.94. The molecule has 22 heavy (non-hydrogen) atoms. The predicted molar refractivity (Wildman–Crippen MR) is 88.9 cm³/mol. The number of rotatable bonds is 2. The van der Waals surface area contributed by atoms with Gasteiger partial charge in [-0.3, -0.25) is 4.79 Å². The number of thiazole rings is 1. The molecule has 0 unspecified atom stereocenters. The van der Waals surface area contributed by atoms with Gasteiger partial charge in [-0.05, 0) is 48.9 Å². The molecule has 4 aromatic rings. The molecule has 3 aromatic heterocycles. The monoisotopic (exact) mass is 308 g/mol. The standard InChI is InChI=1S/C17H12N2O2S/c1-11(9-12-5-4-8-21-12)10-15-16(20)19-14-7-3-2-6-13(14)18-17(19)22-15/h2-10H,1H3. The number of hydrogen-bond acceptors (Lipinski definition) is 4. The average Bonchev–Trinajstić information content (AvgIpc) is 3.18. The summed E-state index contributed by atoms with van der Waals surface area (Å²) in [5, 5.41) is 0. The van der Waals surface area contributed by atoms with Gasteiger partial charge < -0.3 is 4.42 Å². The summed E-state index contributed by atoms with van der Waals surface area (Å²) in [5.74, 6) is 0.771. The summed E-state index contributed by atoms with van der Waals surface area (Å²) >= 11 is 1.40. The van der Waals surface area contributed by atoms with Crippen molar-refractivity contribution in [1.29, 1.82) is 0 Å². The largest absolute Gasteiger partial charge is 0.465 e. The Balaban J connectivity index is 1.91. The summed E-state index contributed by atoms with van der Waals surface area (Å²) in [6.07, 6.45) is 5.41. The maximum atomic E-state index is 12.6. The third kappa shape index (κ3) is 2.07. The summed E-state index contributed by atoms with van der Waals surface area (Å²) in [6, 6.07) is 11.4. The quantitative estimate of drug-likeness (QED) is 0.571. The Labute approximate surface area is 129 Å². The number of aromatic nitrogens is 2. The maximum Gasteiger partial charge on any atom is 0.274 e. The molecular formula is C17H12N2O2S. The zero-order chi connectivity index (χ0) is 15.1. The molecule has 0 saturated carbocycles. The third-order valence-electron chi connectivity index (χ3n) is 3.42. The highest BCUT2D eigenvalue weighted by molar-refractivity contribution is 7.15. The molecule has 0 atom stereocenters. The van der Waals surface area contributed by atoms with E-state index in [9.17, 15) is 4.79 Å². The molecule has 0 N–H and O–H groups in total. The van der Waals surface area contributed by atoms with Crippen LogP contribution in [-0.4, -0.2) is 9.38 Å². The topological polar surface area (TPSA) is 47.5 Å². The van der Waals surface area contributed by atoms with E-state index in [0.717, 1.165) is 27.3 Å². The number of para-hydroxylation sites is 2. The first-order valence-electron chi connectivity index (χ1n) is 6.86. The minimum Gasteiger partial charge on any atom is -0.465 e. The number of hydrogen-bond donors (Lipinski definition) is 0. The number of imidazole rings is 1. The van der Waals surface area contributed by atoms with E-state index in [0.29, 0.717) is 4.53 Å². The number of fused-ring (bicyclic) bond motifs is 3. The number of furan rings is 1. The first-order chi connectivity index (χ1) is 10.7. The van der Waals surface area contributed by atoms with E-state index in [1.807, 2.05) is 55.5 Å². The highest BCUT2D eigenvalue weighted by Gasteiger charge is 2.10. The van der Waals surface area contributed by atoms with Crippen LogP contribution in [0, 0.1) is 0 Å². The van der Waals surface area contributed by atoms with Crippen molar-refractivity contribution in [3.05, 3.63) is 68.9 Å². The van der Waals surface area contributed by atoms with Crippen LogP contribution in [-0.2, 0) is 0 Å². The van der Waals surface area contributed by atoms with Gasteiger partial charge in [-0.25, -0.2) is 9.38 Å². The van der Waals surface area contributed by atoms with Crippen molar-refractivity contribution in [2.45, 2.75) is 6.92 Å². The summed E-state index contributed by atoms with van der Waals surface area (Å²) in [4.78, 5) is 17.8. The molecule has 0 saturated heterocycles. The van der Waals surface area contributed by atoms with Crippen LogP contribution in [0.15, 0.2) is 57.4 Å². The zero-order valence-corrected chi connectivity index (χ0v) is 12.6. The van der Waals surface area contributed by atoms with Gasteiger partial charge in [-0.2, -0.15) is 0 Å². The number of allylic oxidation sites excluding steroid dienone is 1. The van der Waals surface area contributed by atoms with Gasteiger partial charge in [0.2, 0.25) is 0 Å². The molecule has 5 heteroatoms. The maximum absolute atomic E-state index is 12.6. The van der Waals surface area contributed by atoms with E-state index < -0.39 is 0 Å². The van der Waals surface area contributed by atoms with Crippen LogP contribution < -0.4 is 10.1 Å². The smallest absolute Gasteiger partial charge is 0.274 e. The molecule has 0 spiro atoms. The van der Waals surface area contributed by atoms with E-state index in [1.54, 1.807) is 10.7 Å². The molecule has 0 fully saturated rings. The Morgan fingerprint density at radius 3 is 2.95 bits per heavy atom. The van der Waals surface area contributed by atoms with Gasteiger partial charge in [-0.15, -0.1) is 0 Å². The lowest BCUT2D eigenvalue weighted by molar-refractivity contribution is 0.557. The number of nitrogens with zero attached hydrogens (tertiary/aromatic N) is 2. The molecule has 0 aliphatic rings. The normalized spacial score (nSPS) is 13.5. The zero-order valence-electron chi connectivity index (χ0n) is 11.8. The van der Waals surface area contributed by atoms with Crippen LogP contribution in [0.2, 0.25) is 0 Å². The molecule has 108 valence electrons. The fourth-order valence-electron chi connectivity index (χ4n) is 2.46. The first-order valence-corrected chi connectivity index (χ1v) is 7.67. The summed E-state index contributed by atoms with van der Waals surface area (Å²) < 4.78 is 7.63. The van der Waals surface area contributed by atoms with Gasteiger partial charge in [0.05, 0.1) is 21.8 Å². The van der Waals surface area contributed by atoms with Gasteiger partial charge in [-0.1, -0.05) is 23.5 Å². The Bertz CT molecular complexity index is 1100. The summed E-state index contributed by atoms with van der Waals surface area (Å²) in [5.41, 5.74) is 2.63. The highest BCUT2D eigenvalue weighted by atomic mass is 32.1. The van der Waals surface area contributed by atoms with Crippen LogP contribution in [0.5, 0.6) is 0 Å². The van der Waals surface area contributed by atoms with Gasteiger partial charge >= 0.3 is 0 Å². The van der Waals surface area contributed by atoms with Crippen LogP contribution in [0.3, 0.4) is 0 Å². The fraction of sp³-hybridized carbons (Fsp3) is 0.0588. The van der Waals surface area contributed by atoms with Crippen LogP contribution in [0.1, 0.15) is 12.7 Å². The van der Waals surface area contributed by atoms with Crippen molar-refractivity contribution >= 4 is 39.5 Å². The van der Waals surface area contributed by atoms with Crippen LogP contribution in [0.25, 0.3) is 28.1 Å². The molecule has 4 nitrogen and oxygen atoms in total. The van der Waals surface area contributed by atoms with Crippen molar-refractivity contribution in [1.82, 2.24) is 9.38 Å². The molecule has 0 amide bonds. The van der Waals surface area contributed by atoms with Crippen molar-refractivity contribution in [2.24, 2.45) is 0 Å². The summed E-state index contributed by atoms with van der Waals surface area (Å²) in [6.45, 7) is 1.95. The van der Waals surface area contributed by atoms with Gasteiger partial charge in [0.1, 0.15) is 5.76 Å². The van der Waals surface area contributed by atoms with Crippen LogP contribution in [0.4, 0.5) is 0 Å². The fourth-order valence-corrected chi connectivity index (χ4v) is 3.49. The number of benzene rings is 1. The lowest BCUT2D eigenvalue weighted by Crippen LogP contribution is -2.22. The molecule has 0 aliphatic carbocycles. The SMILES string of the molecule is CC(=Cc1ccco1)C=c1sc2nc3ccccc3n2c1=O. The minimum absolute atomic E-state index is 0.0269. The Morgan fingerprint density at radius 2 is 2.14 bits per heavy atom. The molecule has 3 heterocycles. The molecule has 1 aromatic carbocycles. The van der Waals surface area contributed by atoms with Crippen molar-refractivity contribution in [3.63, 3.8) is 0 Å². The van der Waals surface area contributed by atoms with Crippen molar-refractivity contribution in [2.75, 3.05) is 0 Å². The predicted octanol–water partition coefficient (Wildman–Crippen LogP) is 3.11. The van der Waals surface area contributed by atoms with Gasteiger partial charge in [0, 0.05) is 0 Å². The second-order valence-electron chi connectivity index (χ2n) is 5.04. The van der Waals surface area contributed by atoms with Crippen molar-refractivity contribution < 1.29 is 4.42 Å². The Hall–Kier alpha value is -2.66. The second-order valence-corrected chi connectivity index (χ2v) is 6.05. The summed E-state index contributed by atoms with van der Waals surface area (Å²) in [7, 11) is 0.